The number of carbonyl (C=O) groups excluding carboxylic acids is 2. The van der Waals surface area contributed by atoms with Crippen LogP contribution >= 0.6 is 27.5 Å². The molecule has 2 aromatic rings. The molecule has 3 rings (SSSR count). The first-order valence-electron chi connectivity index (χ1n) is 10.3. The lowest BCUT2D eigenvalue weighted by Crippen LogP contribution is -2.36. The van der Waals surface area contributed by atoms with Crippen molar-refractivity contribution in [1.29, 1.82) is 0 Å². The Labute approximate surface area is 190 Å². The van der Waals surface area contributed by atoms with Gasteiger partial charge in [0.2, 0.25) is 0 Å². The summed E-state index contributed by atoms with van der Waals surface area (Å²) in [4.78, 5) is 25.0. The molecule has 2 N–H and O–H groups in total. The monoisotopic (exact) mass is 492 g/mol. The van der Waals surface area contributed by atoms with Crippen molar-refractivity contribution in [3.63, 3.8) is 0 Å². The standard InChI is InChI=1S/C23H26BrClN2O3/c1-2-15-8-11-21(19(24)12-15)30-14-22(28)26-17-9-10-20(25)18(13-17)23(29)27-16-6-4-3-5-7-16/h8-13,16H,2-7,14H2,1H3,(H,26,28)(H,27,29). The molecule has 0 atom stereocenters. The lowest BCUT2D eigenvalue weighted by Gasteiger charge is -2.23. The molecular weight excluding hydrogens is 468 g/mol. The zero-order chi connectivity index (χ0) is 21.5. The third-order valence-electron chi connectivity index (χ3n) is 5.20. The summed E-state index contributed by atoms with van der Waals surface area (Å²) >= 11 is 9.69. The Hall–Kier alpha value is -2.05. The van der Waals surface area contributed by atoms with E-state index in [1.807, 2.05) is 18.2 Å². The third-order valence-corrected chi connectivity index (χ3v) is 6.15. The molecule has 1 fully saturated rings. The molecule has 0 saturated heterocycles. The maximum atomic E-state index is 12.6. The average Bonchev–Trinajstić information content (AvgIpc) is 2.74. The fourth-order valence-corrected chi connectivity index (χ4v) is 4.25. The summed E-state index contributed by atoms with van der Waals surface area (Å²) < 4.78 is 6.42. The number of nitrogens with one attached hydrogen (secondary N) is 2. The number of benzene rings is 2. The van der Waals surface area contributed by atoms with Crippen molar-refractivity contribution in [1.82, 2.24) is 5.32 Å². The van der Waals surface area contributed by atoms with Crippen molar-refractivity contribution < 1.29 is 14.3 Å². The van der Waals surface area contributed by atoms with Crippen LogP contribution in [-0.4, -0.2) is 24.5 Å². The van der Waals surface area contributed by atoms with Crippen molar-refractivity contribution in [3.8, 4) is 5.75 Å². The number of anilines is 1. The smallest absolute Gasteiger partial charge is 0.262 e. The molecule has 1 saturated carbocycles. The molecule has 0 radical (unpaired) electrons. The SMILES string of the molecule is CCc1ccc(OCC(=O)Nc2ccc(Cl)c(C(=O)NC3CCCCC3)c2)c(Br)c1. The van der Waals surface area contributed by atoms with Gasteiger partial charge in [0.15, 0.2) is 6.61 Å². The number of rotatable bonds is 7. The molecule has 160 valence electrons. The van der Waals surface area contributed by atoms with Crippen LogP contribution in [0.1, 0.15) is 54.9 Å². The number of amides is 2. The van der Waals surface area contributed by atoms with E-state index in [2.05, 4.69) is 33.5 Å². The predicted octanol–water partition coefficient (Wildman–Crippen LogP) is 5.74. The van der Waals surface area contributed by atoms with Gasteiger partial charge in [-0.25, -0.2) is 0 Å². The average molecular weight is 494 g/mol. The third kappa shape index (κ3) is 6.22. The van der Waals surface area contributed by atoms with Gasteiger partial charge in [0, 0.05) is 11.7 Å². The van der Waals surface area contributed by atoms with Crippen LogP contribution in [0.2, 0.25) is 5.02 Å². The minimum atomic E-state index is -0.317. The Morgan fingerprint density at radius 2 is 1.90 bits per heavy atom. The van der Waals surface area contributed by atoms with Crippen LogP contribution in [0, 0.1) is 0 Å². The van der Waals surface area contributed by atoms with Gasteiger partial charge in [0.25, 0.3) is 11.8 Å². The molecule has 0 bridgehead atoms. The van der Waals surface area contributed by atoms with Crippen LogP contribution in [0.15, 0.2) is 40.9 Å². The topological polar surface area (TPSA) is 67.4 Å². The minimum Gasteiger partial charge on any atom is -0.483 e. The van der Waals surface area contributed by atoms with Gasteiger partial charge in [-0.3, -0.25) is 9.59 Å². The zero-order valence-corrected chi connectivity index (χ0v) is 19.3. The summed E-state index contributed by atoms with van der Waals surface area (Å²) in [6.45, 7) is 1.93. The summed E-state index contributed by atoms with van der Waals surface area (Å²) in [6, 6.07) is 10.9. The Morgan fingerprint density at radius 1 is 1.13 bits per heavy atom. The van der Waals surface area contributed by atoms with Crippen molar-refractivity contribution in [3.05, 3.63) is 57.0 Å². The highest BCUT2D eigenvalue weighted by atomic mass is 79.9. The fraction of sp³-hybridized carbons (Fsp3) is 0.391. The fourth-order valence-electron chi connectivity index (χ4n) is 3.51. The number of halogens is 2. The summed E-state index contributed by atoms with van der Waals surface area (Å²) in [7, 11) is 0. The quantitative estimate of drug-likeness (QED) is 0.516. The van der Waals surface area contributed by atoms with Crippen molar-refractivity contribution >= 4 is 45.0 Å². The van der Waals surface area contributed by atoms with Gasteiger partial charge in [-0.05, 0) is 71.1 Å². The second-order valence-corrected chi connectivity index (χ2v) is 8.72. The van der Waals surface area contributed by atoms with E-state index in [-0.39, 0.29) is 24.5 Å². The van der Waals surface area contributed by atoms with Crippen LogP contribution in [-0.2, 0) is 11.2 Å². The van der Waals surface area contributed by atoms with Gasteiger partial charge < -0.3 is 15.4 Å². The second kappa shape index (κ2) is 10.8. The predicted molar refractivity (Wildman–Crippen MR) is 123 cm³/mol. The van der Waals surface area contributed by atoms with Crippen molar-refractivity contribution in [2.45, 2.75) is 51.5 Å². The minimum absolute atomic E-state index is 0.143. The van der Waals surface area contributed by atoms with E-state index in [4.69, 9.17) is 16.3 Å². The summed E-state index contributed by atoms with van der Waals surface area (Å²) in [6.07, 6.45) is 6.39. The van der Waals surface area contributed by atoms with Gasteiger partial charge in [-0.15, -0.1) is 0 Å². The van der Waals surface area contributed by atoms with E-state index in [0.717, 1.165) is 36.6 Å². The van der Waals surface area contributed by atoms with E-state index in [1.54, 1.807) is 18.2 Å². The van der Waals surface area contributed by atoms with Gasteiger partial charge in [0.1, 0.15) is 5.75 Å². The second-order valence-electron chi connectivity index (χ2n) is 7.46. The zero-order valence-electron chi connectivity index (χ0n) is 17.0. The van der Waals surface area contributed by atoms with E-state index < -0.39 is 0 Å². The first kappa shape index (κ1) is 22.6. The molecule has 2 aromatic carbocycles. The highest BCUT2D eigenvalue weighted by molar-refractivity contribution is 9.10. The Bertz CT molecular complexity index is 913. The van der Waals surface area contributed by atoms with Crippen LogP contribution < -0.4 is 15.4 Å². The molecule has 0 spiro atoms. The van der Waals surface area contributed by atoms with Crippen molar-refractivity contribution in [2.24, 2.45) is 0 Å². The van der Waals surface area contributed by atoms with Gasteiger partial charge in [-0.1, -0.05) is 43.9 Å². The number of hydrogen-bond donors (Lipinski definition) is 2. The van der Waals surface area contributed by atoms with Crippen LogP contribution in [0.25, 0.3) is 0 Å². The normalized spacial score (nSPS) is 14.2. The first-order chi connectivity index (χ1) is 14.5. The molecule has 7 heteroatoms. The van der Waals surface area contributed by atoms with E-state index in [1.165, 1.54) is 12.0 Å². The first-order valence-corrected chi connectivity index (χ1v) is 11.4. The number of aryl methyl sites for hydroxylation is 1. The maximum Gasteiger partial charge on any atom is 0.262 e. The van der Waals surface area contributed by atoms with Crippen molar-refractivity contribution in [2.75, 3.05) is 11.9 Å². The molecule has 2 amide bonds. The maximum absolute atomic E-state index is 12.6. The van der Waals surface area contributed by atoms with Gasteiger partial charge in [-0.2, -0.15) is 0 Å². The Kier molecular flexibility index (Phi) is 8.16. The largest absolute Gasteiger partial charge is 0.483 e. The van der Waals surface area contributed by atoms with E-state index in [9.17, 15) is 9.59 Å². The summed E-state index contributed by atoms with van der Waals surface area (Å²) in [5, 5.41) is 6.17. The highest BCUT2D eigenvalue weighted by Crippen LogP contribution is 2.26. The Balaban J connectivity index is 1.58. The molecule has 1 aliphatic rings. The van der Waals surface area contributed by atoms with E-state index >= 15 is 0 Å². The number of carbonyl (C=O) groups is 2. The van der Waals surface area contributed by atoms with Crippen LogP contribution in [0.4, 0.5) is 5.69 Å². The van der Waals surface area contributed by atoms with Crippen LogP contribution in [0.3, 0.4) is 0 Å². The lowest BCUT2D eigenvalue weighted by molar-refractivity contribution is -0.118. The van der Waals surface area contributed by atoms with Gasteiger partial charge >= 0.3 is 0 Å². The molecule has 0 heterocycles. The molecule has 1 aliphatic carbocycles. The van der Waals surface area contributed by atoms with E-state index in [0.29, 0.717) is 22.0 Å². The molecule has 0 aromatic heterocycles. The highest BCUT2D eigenvalue weighted by Gasteiger charge is 2.19. The van der Waals surface area contributed by atoms with Gasteiger partial charge in [0.05, 0.1) is 15.1 Å². The number of hydrogen-bond acceptors (Lipinski definition) is 3. The lowest BCUT2D eigenvalue weighted by atomic mass is 9.95. The summed E-state index contributed by atoms with van der Waals surface area (Å²) in [5.41, 5.74) is 2.04. The Morgan fingerprint density at radius 3 is 2.60 bits per heavy atom. The molecule has 30 heavy (non-hydrogen) atoms. The number of ether oxygens (including phenoxy) is 1. The van der Waals surface area contributed by atoms with Crippen LogP contribution in [0.5, 0.6) is 5.75 Å². The summed E-state index contributed by atoms with van der Waals surface area (Å²) in [5.74, 6) is 0.0765. The molecular formula is C23H26BrClN2O3. The molecule has 0 aliphatic heterocycles. The molecule has 5 nitrogen and oxygen atoms in total. The molecule has 0 unspecified atom stereocenters.